The fourth-order valence-electron chi connectivity index (χ4n) is 3.51. The molecular formula is C14H24N2O3. The maximum atomic E-state index is 11.7. The van der Waals surface area contributed by atoms with Crippen LogP contribution in [0, 0.1) is 11.8 Å². The summed E-state index contributed by atoms with van der Waals surface area (Å²) in [5.74, 6) is 1.56. The summed E-state index contributed by atoms with van der Waals surface area (Å²) in [5, 5.41) is 5.43. The first kappa shape index (κ1) is 14.2. The SMILES string of the molecule is COC(=O)NCC(=O)N[C@@H]1CC[C@@H]2CCCC[C@H]2C1. The van der Waals surface area contributed by atoms with E-state index in [0.29, 0.717) is 0 Å². The van der Waals surface area contributed by atoms with Gasteiger partial charge in [-0.25, -0.2) is 4.79 Å². The van der Waals surface area contributed by atoms with Gasteiger partial charge in [0, 0.05) is 6.04 Å². The smallest absolute Gasteiger partial charge is 0.407 e. The highest BCUT2D eigenvalue weighted by Crippen LogP contribution is 2.40. The van der Waals surface area contributed by atoms with Gasteiger partial charge in [-0.2, -0.15) is 0 Å². The Balaban J connectivity index is 1.71. The molecule has 2 rings (SSSR count). The van der Waals surface area contributed by atoms with Gasteiger partial charge in [-0.3, -0.25) is 4.79 Å². The molecule has 2 saturated carbocycles. The van der Waals surface area contributed by atoms with Crippen molar-refractivity contribution in [2.24, 2.45) is 11.8 Å². The first-order chi connectivity index (χ1) is 9.19. The average molecular weight is 268 g/mol. The zero-order chi connectivity index (χ0) is 13.7. The third-order valence-electron chi connectivity index (χ3n) is 4.48. The van der Waals surface area contributed by atoms with E-state index < -0.39 is 6.09 Å². The van der Waals surface area contributed by atoms with Crippen LogP contribution in [0.4, 0.5) is 4.79 Å². The Morgan fingerprint density at radius 3 is 2.58 bits per heavy atom. The maximum absolute atomic E-state index is 11.7. The predicted octanol–water partition coefficient (Wildman–Crippen LogP) is 1.82. The van der Waals surface area contributed by atoms with Crippen molar-refractivity contribution in [3.8, 4) is 0 Å². The average Bonchev–Trinajstić information content (AvgIpc) is 2.44. The lowest BCUT2D eigenvalue weighted by atomic mass is 9.69. The van der Waals surface area contributed by atoms with Crippen molar-refractivity contribution in [3.05, 3.63) is 0 Å². The number of methoxy groups -OCH3 is 1. The van der Waals surface area contributed by atoms with E-state index in [4.69, 9.17) is 0 Å². The van der Waals surface area contributed by atoms with Crippen molar-refractivity contribution in [3.63, 3.8) is 0 Å². The Kier molecular flexibility index (Phi) is 5.05. The van der Waals surface area contributed by atoms with Crippen LogP contribution in [-0.2, 0) is 9.53 Å². The number of carbonyl (C=O) groups excluding carboxylic acids is 2. The highest BCUT2D eigenvalue weighted by Gasteiger charge is 2.32. The van der Waals surface area contributed by atoms with Crippen LogP contribution in [0.3, 0.4) is 0 Å². The minimum atomic E-state index is -0.564. The van der Waals surface area contributed by atoms with Crippen LogP contribution in [-0.4, -0.2) is 31.7 Å². The van der Waals surface area contributed by atoms with Crippen LogP contribution < -0.4 is 10.6 Å². The molecule has 108 valence electrons. The molecule has 2 N–H and O–H groups in total. The van der Waals surface area contributed by atoms with E-state index in [9.17, 15) is 9.59 Å². The van der Waals surface area contributed by atoms with Gasteiger partial charge < -0.3 is 15.4 Å². The number of hydrogen-bond acceptors (Lipinski definition) is 3. The van der Waals surface area contributed by atoms with E-state index in [1.807, 2.05) is 0 Å². The molecular weight excluding hydrogens is 244 g/mol. The summed E-state index contributed by atoms with van der Waals surface area (Å²) in [6.45, 7) is -0.00271. The summed E-state index contributed by atoms with van der Waals surface area (Å²) in [6, 6.07) is 0.284. The summed E-state index contributed by atoms with van der Waals surface area (Å²) < 4.78 is 4.43. The number of rotatable bonds is 3. The van der Waals surface area contributed by atoms with Crippen LogP contribution in [0.15, 0.2) is 0 Å². The van der Waals surface area contributed by atoms with Crippen molar-refractivity contribution in [1.29, 1.82) is 0 Å². The molecule has 2 fully saturated rings. The number of carbonyl (C=O) groups is 2. The summed E-state index contributed by atoms with van der Waals surface area (Å²) in [5.41, 5.74) is 0. The van der Waals surface area contributed by atoms with Crippen LogP contribution in [0.25, 0.3) is 0 Å². The van der Waals surface area contributed by atoms with E-state index in [1.54, 1.807) is 0 Å². The standard InChI is InChI=1S/C14H24N2O3/c1-19-14(18)15-9-13(17)16-12-7-6-10-4-2-3-5-11(10)8-12/h10-12H,2-9H2,1H3,(H,15,18)(H,16,17)/t10-,11-,12+/m0/s1. The lowest BCUT2D eigenvalue weighted by Crippen LogP contribution is -2.45. The largest absolute Gasteiger partial charge is 0.453 e. The van der Waals surface area contributed by atoms with Gasteiger partial charge in [0.1, 0.15) is 6.54 Å². The Morgan fingerprint density at radius 2 is 1.84 bits per heavy atom. The summed E-state index contributed by atoms with van der Waals surface area (Å²) >= 11 is 0. The number of nitrogens with one attached hydrogen (secondary N) is 2. The van der Waals surface area contributed by atoms with Gasteiger partial charge in [0.2, 0.25) is 5.91 Å². The number of ether oxygens (including phenoxy) is 1. The van der Waals surface area contributed by atoms with Gasteiger partial charge in [-0.05, 0) is 31.1 Å². The highest BCUT2D eigenvalue weighted by molar-refractivity contribution is 5.82. The molecule has 0 aromatic carbocycles. The van der Waals surface area contributed by atoms with Gasteiger partial charge in [-0.1, -0.05) is 25.7 Å². The van der Waals surface area contributed by atoms with Crippen molar-refractivity contribution in [2.75, 3.05) is 13.7 Å². The molecule has 5 heteroatoms. The zero-order valence-electron chi connectivity index (χ0n) is 11.6. The van der Waals surface area contributed by atoms with Gasteiger partial charge in [0.15, 0.2) is 0 Å². The summed E-state index contributed by atoms with van der Waals surface area (Å²) in [4.78, 5) is 22.6. The predicted molar refractivity (Wildman–Crippen MR) is 71.6 cm³/mol. The highest BCUT2D eigenvalue weighted by atomic mass is 16.5. The summed E-state index contributed by atoms with van der Waals surface area (Å²) in [7, 11) is 1.29. The van der Waals surface area contributed by atoms with E-state index in [2.05, 4.69) is 15.4 Å². The molecule has 0 bridgehead atoms. The topological polar surface area (TPSA) is 67.4 Å². The second-order valence-corrected chi connectivity index (χ2v) is 5.73. The number of amides is 2. The van der Waals surface area contributed by atoms with Gasteiger partial charge >= 0.3 is 6.09 Å². The molecule has 0 unspecified atom stereocenters. The fourth-order valence-corrected chi connectivity index (χ4v) is 3.51. The van der Waals surface area contributed by atoms with Gasteiger partial charge in [0.05, 0.1) is 7.11 Å². The van der Waals surface area contributed by atoms with Crippen molar-refractivity contribution in [2.45, 2.75) is 51.0 Å². The molecule has 0 heterocycles. The molecule has 5 nitrogen and oxygen atoms in total. The Labute approximate surface area is 114 Å². The van der Waals surface area contributed by atoms with Crippen LogP contribution >= 0.6 is 0 Å². The molecule has 0 saturated heterocycles. The van der Waals surface area contributed by atoms with E-state index in [1.165, 1.54) is 39.2 Å². The number of alkyl carbamates (subject to hydrolysis) is 1. The van der Waals surface area contributed by atoms with Crippen molar-refractivity contribution in [1.82, 2.24) is 10.6 Å². The monoisotopic (exact) mass is 268 g/mol. The minimum Gasteiger partial charge on any atom is -0.453 e. The third-order valence-corrected chi connectivity index (χ3v) is 4.48. The maximum Gasteiger partial charge on any atom is 0.407 e. The molecule has 3 atom stereocenters. The van der Waals surface area contributed by atoms with Crippen LogP contribution in [0.5, 0.6) is 0 Å². The van der Waals surface area contributed by atoms with E-state index in [-0.39, 0.29) is 18.5 Å². The summed E-state index contributed by atoms with van der Waals surface area (Å²) in [6.07, 6.45) is 8.26. The normalized spacial score (nSPS) is 30.1. The third kappa shape index (κ3) is 4.11. The van der Waals surface area contributed by atoms with Gasteiger partial charge in [-0.15, -0.1) is 0 Å². The molecule has 2 aliphatic carbocycles. The molecule has 19 heavy (non-hydrogen) atoms. The molecule has 2 aliphatic rings. The van der Waals surface area contributed by atoms with E-state index in [0.717, 1.165) is 24.7 Å². The molecule has 0 spiro atoms. The van der Waals surface area contributed by atoms with Gasteiger partial charge in [0.25, 0.3) is 0 Å². The van der Waals surface area contributed by atoms with Crippen LogP contribution in [0.1, 0.15) is 44.9 Å². The second kappa shape index (κ2) is 6.78. The quantitative estimate of drug-likeness (QED) is 0.820. The Bertz CT molecular complexity index is 333. The number of hydrogen-bond donors (Lipinski definition) is 2. The molecule has 0 aromatic heterocycles. The van der Waals surface area contributed by atoms with Crippen molar-refractivity contribution < 1.29 is 14.3 Å². The lowest BCUT2D eigenvalue weighted by Gasteiger charge is -2.39. The minimum absolute atomic E-state index is 0.00271. The van der Waals surface area contributed by atoms with Crippen molar-refractivity contribution >= 4 is 12.0 Å². The zero-order valence-corrected chi connectivity index (χ0v) is 11.6. The van der Waals surface area contributed by atoms with E-state index >= 15 is 0 Å². The molecule has 2 amide bonds. The Morgan fingerprint density at radius 1 is 1.11 bits per heavy atom. The first-order valence-electron chi connectivity index (χ1n) is 7.30. The molecule has 0 aliphatic heterocycles. The Hall–Kier alpha value is -1.26. The lowest BCUT2D eigenvalue weighted by molar-refractivity contribution is -0.121. The first-order valence-corrected chi connectivity index (χ1v) is 7.30. The second-order valence-electron chi connectivity index (χ2n) is 5.73. The number of fused-ring (bicyclic) bond motifs is 1. The fraction of sp³-hybridized carbons (Fsp3) is 0.857. The molecule has 0 aromatic rings. The van der Waals surface area contributed by atoms with Crippen LogP contribution in [0.2, 0.25) is 0 Å². The molecule has 0 radical (unpaired) electrons.